The molecular formula is C17H22N2O2. The topological polar surface area (TPSA) is 55.0 Å². The largest absolute Gasteiger partial charge is 0.465 e. The maximum absolute atomic E-state index is 12.6. The summed E-state index contributed by atoms with van der Waals surface area (Å²) in [5, 5.41) is 0. The lowest BCUT2D eigenvalue weighted by atomic mass is 9.73. The molecule has 21 heavy (non-hydrogen) atoms. The number of ether oxygens (including phenoxy) is 1. The average Bonchev–Trinajstić information content (AvgIpc) is 2.91. The van der Waals surface area contributed by atoms with Crippen LogP contribution in [0.25, 0.3) is 11.0 Å². The Hall–Kier alpha value is -1.84. The first-order valence-electron chi connectivity index (χ1n) is 7.80. The van der Waals surface area contributed by atoms with Crippen molar-refractivity contribution < 1.29 is 9.53 Å². The molecule has 1 aliphatic carbocycles. The molecule has 0 saturated heterocycles. The van der Waals surface area contributed by atoms with Gasteiger partial charge in [0, 0.05) is 0 Å². The van der Waals surface area contributed by atoms with E-state index in [0.29, 0.717) is 6.61 Å². The minimum Gasteiger partial charge on any atom is -0.465 e. The second-order valence-electron chi connectivity index (χ2n) is 5.97. The molecule has 0 amide bonds. The van der Waals surface area contributed by atoms with Crippen LogP contribution >= 0.6 is 0 Å². The molecule has 0 atom stereocenters. The van der Waals surface area contributed by atoms with Crippen molar-refractivity contribution in [3.8, 4) is 0 Å². The molecule has 1 aromatic heterocycles. The van der Waals surface area contributed by atoms with Crippen LogP contribution in [0.5, 0.6) is 0 Å². The zero-order valence-electron chi connectivity index (χ0n) is 12.7. The van der Waals surface area contributed by atoms with Crippen LogP contribution in [0, 0.1) is 6.92 Å². The molecule has 4 nitrogen and oxygen atoms in total. The van der Waals surface area contributed by atoms with Crippen LogP contribution in [-0.4, -0.2) is 22.5 Å². The first-order chi connectivity index (χ1) is 10.2. The quantitative estimate of drug-likeness (QED) is 0.876. The van der Waals surface area contributed by atoms with Crippen molar-refractivity contribution in [1.29, 1.82) is 0 Å². The average molecular weight is 286 g/mol. The highest BCUT2D eigenvalue weighted by atomic mass is 16.5. The van der Waals surface area contributed by atoms with E-state index in [2.05, 4.69) is 18.0 Å². The lowest BCUT2D eigenvalue weighted by Crippen LogP contribution is -2.40. The van der Waals surface area contributed by atoms with Gasteiger partial charge in [-0.1, -0.05) is 25.3 Å². The van der Waals surface area contributed by atoms with E-state index in [0.717, 1.165) is 42.5 Å². The van der Waals surface area contributed by atoms with Gasteiger partial charge in [-0.05, 0) is 44.4 Å². The predicted octanol–water partition coefficient (Wildman–Crippen LogP) is 3.64. The number of esters is 1. The number of nitrogens with one attached hydrogen (secondary N) is 1. The third-order valence-corrected chi connectivity index (χ3v) is 4.46. The lowest BCUT2D eigenvalue weighted by Gasteiger charge is -2.32. The number of rotatable bonds is 3. The Kier molecular flexibility index (Phi) is 3.70. The lowest BCUT2D eigenvalue weighted by molar-refractivity contribution is -0.152. The molecule has 4 heteroatoms. The minimum absolute atomic E-state index is 0.125. The van der Waals surface area contributed by atoms with Gasteiger partial charge in [0.2, 0.25) is 0 Å². The molecule has 0 spiro atoms. The molecule has 112 valence electrons. The molecule has 0 radical (unpaired) electrons. The number of fused-ring (bicyclic) bond motifs is 1. The Labute approximate surface area is 124 Å². The number of H-pyrrole nitrogens is 1. The summed E-state index contributed by atoms with van der Waals surface area (Å²) in [6.45, 7) is 4.33. The van der Waals surface area contributed by atoms with Crippen molar-refractivity contribution in [1.82, 2.24) is 9.97 Å². The predicted molar refractivity (Wildman–Crippen MR) is 82.2 cm³/mol. The summed E-state index contributed by atoms with van der Waals surface area (Å²) < 4.78 is 5.36. The van der Waals surface area contributed by atoms with Crippen molar-refractivity contribution >= 4 is 17.0 Å². The summed E-state index contributed by atoms with van der Waals surface area (Å²) in [5.74, 6) is 0.654. The number of hydrogen-bond acceptors (Lipinski definition) is 3. The monoisotopic (exact) mass is 286 g/mol. The normalized spacial score (nSPS) is 17.8. The fourth-order valence-corrected chi connectivity index (χ4v) is 3.31. The van der Waals surface area contributed by atoms with Crippen LogP contribution in [0.2, 0.25) is 0 Å². The fraction of sp³-hybridized carbons (Fsp3) is 0.529. The third kappa shape index (κ3) is 2.43. The van der Waals surface area contributed by atoms with Gasteiger partial charge in [-0.2, -0.15) is 0 Å². The molecule has 1 heterocycles. The van der Waals surface area contributed by atoms with E-state index in [9.17, 15) is 4.79 Å². The number of carbonyl (C=O) groups excluding carboxylic acids is 1. The highest BCUT2D eigenvalue weighted by Gasteiger charge is 2.45. The zero-order chi connectivity index (χ0) is 14.9. The number of aromatic nitrogens is 2. The second-order valence-corrected chi connectivity index (χ2v) is 5.97. The molecule has 1 aromatic carbocycles. The first kappa shape index (κ1) is 14.1. The van der Waals surface area contributed by atoms with Crippen molar-refractivity contribution in [3.63, 3.8) is 0 Å². The first-order valence-corrected chi connectivity index (χ1v) is 7.80. The standard InChI is InChI=1S/C17H22N2O2/c1-3-21-16(20)17(9-5-4-6-10-17)15-18-13-8-7-12(2)11-14(13)19-15/h7-8,11H,3-6,9-10H2,1-2H3,(H,18,19). The number of imidazole rings is 1. The maximum Gasteiger partial charge on any atom is 0.319 e. The molecule has 3 rings (SSSR count). The minimum atomic E-state index is -0.582. The highest BCUT2D eigenvalue weighted by Crippen LogP contribution is 2.40. The Morgan fingerprint density at radius 3 is 2.81 bits per heavy atom. The van der Waals surface area contributed by atoms with Crippen molar-refractivity contribution in [3.05, 3.63) is 29.6 Å². The summed E-state index contributed by atoms with van der Waals surface area (Å²) in [6.07, 6.45) is 4.93. The van der Waals surface area contributed by atoms with Crippen LogP contribution in [0.3, 0.4) is 0 Å². The van der Waals surface area contributed by atoms with E-state index in [1.165, 1.54) is 12.0 Å². The number of carbonyl (C=O) groups is 1. The van der Waals surface area contributed by atoms with Crippen LogP contribution in [0.1, 0.15) is 50.4 Å². The van der Waals surface area contributed by atoms with E-state index >= 15 is 0 Å². The molecule has 0 bridgehead atoms. The van der Waals surface area contributed by atoms with E-state index in [1.807, 2.05) is 19.1 Å². The Balaban J connectivity index is 2.07. The van der Waals surface area contributed by atoms with Gasteiger partial charge >= 0.3 is 5.97 Å². The zero-order valence-corrected chi connectivity index (χ0v) is 12.7. The third-order valence-electron chi connectivity index (χ3n) is 4.46. The van der Waals surface area contributed by atoms with Gasteiger partial charge in [-0.15, -0.1) is 0 Å². The van der Waals surface area contributed by atoms with E-state index in [4.69, 9.17) is 9.72 Å². The van der Waals surface area contributed by atoms with Crippen LogP contribution in [-0.2, 0) is 14.9 Å². The summed E-state index contributed by atoms with van der Waals surface area (Å²) in [5.41, 5.74) is 2.52. The fourth-order valence-electron chi connectivity index (χ4n) is 3.31. The molecule has 0 aliphatic heterocycles. The molecule has 1 saturated carbocycles. The molecule has 0 unspecified atom stereocenters. The molecule has 1 fully saturated rings. The van der Waals surface area contributed by atoms with Crippen molar-refractivity contribution in [2.45, 2.75) is 51.4 Å². The SMILES string of the molecule is CCOC(=O)C1(c2nc3ccc(C)cc3[nH]2)CCCCC1. The van der Waals surface area contributed by atoms with Gasteiger partial charge in [-0.3, -0.25) is 4.79 Å². The molecule has 1 aliphatic rings. The molecular weight excluding hydrogens is 264 g/mol. The van der Waals surface area contributed by atoms with Gasteiger partial charge in [0.1, 0.15) is 11.2 Å². The van der Waals surface area contributed by atoms with E-state index in [1.54, 1.807) is 0 Å². The number of aromatic amines is 1. The van der Waals surface area contributed by atoms with Gasteiger partial charge in [0.05, 0.1) is 17.6 Å². The highest BCUT2D eigenvalue weighted by molar-refractivity contribution is 5.84. The van der Waals surface area contributed by atoms with Gasteiger partial charge in [-0.25, -0.2) is 4.98 Å². The van der Waals surface area contributed by atoms with E-state index in [-0.39, 0.29) is 5.97 Å². The van der Waals surface area contributed by atoms with E-state index < -0.39 is 5.41 Å². The Morgan fingerprint density at radius 2 is 2.10 bits per heavy atom. The number of benzene rings is 1. The Morgan fingerprint density at radius 1 is 1.33 bits per heavy atom. The van der Waals surface area contributed by atoms with Crippen LogP contribution < -0.4 is 0 Å². The van der Waals surface area contributed by atoms with Crippen molar-refractivity contribution in [2.75, 3.05) is 6.61 Å². The Bertz CT molecular complexity index is 654. The second kappa shape index (κ2) is 5.51. The van der Waals surface area contributed by atoms with Gasteiger partial charge in [0.25, 0.3) is 0 Å². The summed E-state index contributed by atoms with van der Waals surface area (Å²) in [4.78, 5) is 20.7. The smallest absolute Gasteiger partial charge is 0.319 e. The number of hydrogen-bond donors (Lipinski definition) is 1. The number of nitrogens with zero attached hydrogens (tertiary/aromatic N) is 1. The van der Waals surface area contributed by atoms with Crippen LogP contribution in [0.4, 0.5) is 0 Å². The molecule has 2 aromatic rings. The molecule has 1 N–H and O–H groups in total. The van der Waals surface area contributed by atoms with Crippen LogP contribution in [0.15, 0.2) is 18.2 Å². The van der Waals surface area contributed by atoms with Gasteiger partial charge in [0.15, 0.2) is 0 Å². The van der Waals surface area contributed by atoms with Crippen molar-refractivity contribution in [2.24, 2.45) is 0 Å². The maximum atomic E-state index is 12.6. The van der Waals surface area contributed by atoms with Gasteiger partial charge < -0.3 is 9.72 Å². The number of aryl methyl sites for hydroxylation is 1. The summed E-state index contributed by atoms with van der Waals surface area (Å²) >= 11 is 0. The summed E-state index contributed by atoms with van der Waals surface area (Å²) in [7, 11) is 0. The summed E-state index contributed by atoms with van der Waals surface area (Å²) in [6, 6.07) is 6.13.